The summed E-state index contributed by atoms with van der Waals surface area (Å²) in [6.07, 6.45) is 2.99. The summed E-state index contributed by atoms with van der Waals surface area (Å²) in [5, 5.41) is 3.11. The van der Waals surface area contributed by atoms with Crippen molar-refractivity contribution < 1.29 is 9.53 Å². The van der Waals surface area contributed by atoms with Crippen molar-refractivity contribution in [1.29, 1.82) is 0 Å². The maximum absolute atomic E-state index is 12.4. The number of ether oxygens (including phenoxy) is 1. The molecule has 0 aliphatic heterocycles. The Morgan fingerprint density at radius 1 is 1.00 bits per heavy atom. The fourth-order valence-corrected chi connectivity index (χ4v) is 1.90. The van der Waals surface area contributed by atoms with Crippen LogP contribution in [0.25, 0.3) is 0 Å². The SMILES string of the molecule is CCCOCC(C)(C)CNC(=O)C(C)(C)CCC(C)(C)C. The van der Waals surface area contributed by atoms with E-state index in [9.17, 15) is 4.79 Å². The summed E-state index contributed by atoms with van der Waals surface area (Å²) < 4.78 is 5.61. The first-order valence-corrected chi connectivity index (χ1v) is 8.26. The minimum Gasteiger partial charge on any atom is -0.381 e. The topological polar surface area (TPSA) is 38.3 Å². The van der Waals surface area contributed by atoms with Gasteiger partial charge in [-0.25, -0.2) is 0 Å². The van der Waals surface area contributed by atoms with Crippen molar-refractivity contribution in [2.45, 2.75) is 74.7 Å². The van der Waals surface area contributed by atoms with Crippen LogP contribution in [0, 0.1) is 16.2 Å². The van der Waals surface area contributed by atoms with Crippen molar-refractivity contribution in [3.8, 4) is 0 Å². The van der Waals surface area contributed by atoms with Crippen LogP contribution < -0.4 is 5.32 Å². The third-order valence-electron chi connectivity index (χ3n) is 3.68. The highest BCUT2D eigenvalue weighted by molar-refractivity contribution is 5.81. The van der Waals surface area contributed by atoms with Crippen molar-refractivity contribution in [2.24, 2.45) is 16.2 Å². The van der Waals surface area contributed by atoms with Crippen LogP contribution in [-0.4, -0.2) is 25.7 Å². The fourth-order valence-electron chi connectivity index (χ4n) is 1.90. The van der Waals surface area contributed by atoms with E-state index in [1.807, 2.05) is 13.8 Å². The summed E-state index contributed by atoms with van der Waals surface area (Å²) in [5.74, 6) is 0.148. The molecule has 126 valence electrons. The second kappa shape index (κ2) is 8.17. The smallest absolute Gasteiger partial charge is 0.225 e. The van der Waals surface area contributed by atoms with Gasteiger partial charge in [0.15, 0.2) is 0 Å². The number of nitrogens with one attached hydrogen (secondary N) is 1. The molecule has 0 saturated heterocycles. The normalized spacial score (nSPS) is 13.3. The van der Waals surface area contributed by atoms with Crippen molar-refractivity contribution in [1.82, 2.24) is 5.32 Å². The molecule has 3 heteroatoms. The maximum atomic E-state index is 12.4. The second-order valence-corrected chi connectivity index (χ2v) is 8.84. The molecule has 0 atom stereocenters. The van der Waals surface area contributed by atoms with E-state index < -0.39 is 0 Å². The third kappa shape index (κ3) is 9.89. The first-order valence-electron chi connectivity index (χ1n) is 8.26. The van der Waals surface area contributed by atoms with Crippen LogP contribution in [0.3, 0.4) is 0 Å². The van der Waals surface area contributed by atoms with Crippen molar-refractivity contribution >= 4 is 5.91 Å². The molecule has 0 aliphatic carbocycles. The number of rotatable bonds is 9. The second-order valence-electron chi connectivity index (χ2n) is 8.84. The molecule has 1 N–H and O–H groups in total. The summed E-state index contributed by atoms with van der Waals surface area (Å²) in [6, 6.07) is 0. The number of carbonyl (C=O) groups excluding carboxylic acids is 1. The lowest BCUT2D eigenvalue weighted by atomic mass is 9.79. The molecule has 0 spiro atoms. The van der Waals surface area contributed by atoms with Crippen LogP contribution in [0.15, 0.2) is 0 Å². The zero-order chi connectivity index (χ0) is 16.7. The summed E-state index contributed by atoms with van der Waals surface area (Å²) in [5.41, 5.74) is -0.0661. The third-order valence-corrected chi connectivity index (χ3v) is 3.68. The zero-order valence-electron chi connectivity index (χ0n) is 15.6. The first-order chi connectivity index (χ1) is 9.40. The molecule has 0 radical (unpaired) electrons. The Morgan fingerprint density at radius 3 is 2.05 bits per heavy atom. The lowest BCUT2D eigenvalue weighted by molar-refractivity contribution is -0.130. The van der Waals surface area contributed by atoms with E-state index in [2.05, 4.69) is 46.9 Å². The van der Waals surface area contributed by atoms with Gasteiger partial charge in [0, 0.05) is 24.0 Å². The Morgan fingerprint density at radius 2 is 1.57 bits per heavy atom. The van der Waals surface area contributed by atoms with Gasteiger partial charge in [-0.3, -0.25) is 4.79 Å². The van der Waals surface area contributed by atoms with E-state index in [0.717, 1.165) is 25.9 Å². The van der Waals surface area contributed by atoms with Gasteiger partial charge in [0.2, 0.25) is 5.91 Å². The van der Waals surface area contributed by atoms with E-state index in [0.29, 0.717) is 13.2 Å². The molecule has 0 heterocycles. The lowest BCUT2D eigenvalue weighted by Gasteiger charge is -2.30. The molecule has 21 heavy (non-hydrogen) atoms. The van der Waals surface area contributed by atoms with Gasteiger partial charge in [0.1, 0.15) is 0 Å². The number of amides is 1. The minimum absolute atomic E-state index is 0.0229. The van der Waals surface area contributed by atoms with Crippen LogP contribution in [0.4, 0.5) is 0 Å². The van der Waals surface area contributed by atoms with Crippen LogP contribution in [-0.2, 0) is 9.53 Å². The molecule has 0 bridgehead atoms. The monoisotopic (exact) mass is 299 g/mol. The minimum atomic E-state index is -0.312. The zero-order valence-corrected chi connectivity index (χ0v) is 15.6. The van der Waals surface area contributed by atoms with E-state index in [-0.39, 0.29) is 22.2 Å². The van der Waals surface area contributed by atoms with E-state index in [4.69, 9.17) is 4.74 Å². The molecule has 0 aromatic carbocycles. The molecular weight excluding hydrogens is 262 g/mol. The fraction of sp³-hybridized carbons (Fsp3) is 0.944. The van der Waals surface area contributed by atoms with Gasteiger partial charge >= 0.3 is 0 Å². The van der Waals surface area contributed by atoms with Gasteiger partial charge < -0.3 is 10.1 Å². The molecule has 1 amide bonds. The van der Waals surface area contributed by atoms with E-state index in [1.54, 1.807) is 0 Å². The molecule has 0 unspecified atom stereocenters. The number of hydrogen-bond acceptors (Lipinski definition) is 2. The highest BCUT2D eigenvalue weighted by Gasteiger charge is 2.30. The van der Waals surface area contributed by atoms with Crippen molar-refractivity contribution in [3.05, 3.63) is 0 Å². The van der Waals surface area contributed by atoms with Gasteiger partial charge in [-0.2, -0.15) is 0 Å². The van der Waals surface area contributed by atoms with Gasteiger partial charge in [0.25, 0.3) is 0 Å². The van der Waals surface area contributed by atoms with E-state index >= 15 is 0 Å². The van der Waals surface area contributed by atoms with Gasteiger partial charge in [-0.15, -0.1) is 0 Å². The molecule has 0 aliphatic rings. The summed E-state index contributed by atoms with van der Waals surface area (Å²) in [6.45, 7) is 19.2. The van der Waals surface area contributed by atoms with Crippen molar-refractivity contribution in [2.75, 3.05) is 19.8 Å². The number of carbonyl (C=O) groups is 1. The highest BCUT2D eigenvalue weighted by Crippen LogP contribution is 2.30. The van der Waals surface area contributed by atoms with Crippen LogP contribution in [0.2, 0.25) is 0 Å². The first kappa shape index (κ1) is 20.4. The largest absolute Gasteiger partial charge is 0.381 e. The maximum Gasteiger partial charge on any atom is 0.225 e. The summed E-state index contributed by atoms with van der Waals surface area (Å²) in [4.78, 5) is 12.4. The molecule has 0 fully saturated rings. The molecule has 3 nitrogen and oxygen atoms in total. The van der Waals surface area contributed by atoms with Crippen LogP contribution in [0.1, 0.15) is 74.7 Å². The molecule has 0 aromatic rings. The van der Waals surface area contributed by atoms with Gasteiger partial charge in [-0.1, -0.05) is 55.4 Å². The Labute approximate surface area is 132 Å². The summed E-state index contributed by atoms with van der Waals surface area (Å²) >= 11 is 0. The van der Waals surface area contributed by atoms with Crippen LogP contribution in [0.5, 0.6) is 0 Å². The Kier molecular flexibility index (Phi) is 7.94. The summed E-state index contributed by atoms with van der Waals surface area (Å²) in [7, 11) is 0. The standard InChI is InChI=1S/C18H37NO2/c1-9-12-21-14-17(5,6)13-19-15(20)18(7,8)11-10-16(2,3)4/h9-14H2,1-8H3,(H,19,20). The predicted molar refractivity (Wildman–Crippen MR) is 90.4 cm³/mol. The molecule has 0 rings (SSSR count). The quantitative estimate of drug-likeness (QED) is 0.640. The Balaban J connectivity index is 4.27. The Bertz CT molecular complexity index is 314. The Hall–Kier alpha value is -0.570. The molecular formula is C18H37NO2. The van der Waals surface area contributed by atoms with Gasteiger partial charge in [0.05, 0.1) is 6.61 Å². The lowest BCUT2D eigenvalue weighted by Crippen LogP contribution is -2.43. The molecule has 0 saturated carbocycles. The average molecular weight is 299 g/mol. The highest BCUT2D eigenvalue weighted by atomic mass is 16.5. The van der Waals surface area contributed by atoms with E-state index in [1.165, 1.54) is 0 Å². The van der Waals surface area contributed by atoms with Gasteiger partial charge in [-0.05, 0) is 24.7 Å². The van der Waals surface area contributed by atoms with Crippen molar-refractivity contribution in [3.63, 3.8) is 0 Å². The molecule has 0 aromatic heterocycles. The average Bonchev–Trinajstić information content (AvgIpc) is 2.33. The predicted octanol–water partition coefficient (Wildman–Crippen LogP) is 4.41. The van der Waals surface area contributed by atoms with Crippen LogP contribution >= 0.6 is 0 Å². The number of hydrogen-bond donors (Lipinski definition) is 1.